The van der Waals surface area contributed by atoms with Crippen molar-refractivity contribution in [3.63, 3.8) is 0 Å². The average molecular weight is 295 g/mol. The molecule has 0 unspecified atom stereocenters. The number of aryl methyl sites for hydroxylation is 1. The number of benzene rings is 1. The Bertz CT molecular complexity index is 638. The molecule has 110 valence electrons. The fourth-order valence-corrected chi connectivity index (χ4v) is 3.77. The third kappa shape index (κ3) is 3.46. The number of hydrogen-bond donors (Lipinski definition) is 1. The Balaban J connectivity index is 2.40. The molecule has 1 saturated carbocycles. The van der Waals surface area contributed by atoms with Gasteiger partial charge in [0.15, 0.2) is 5.78 Å². The number of ketones is 1. The second-order valence-corrected chi connectivity index (χ2v) is 8.13. The van der Waals surface area contributed by atoms with Gasteiger partial charge in [-0.2, -0.15) is 0 Å². The maximum Gasteiger partial charge on any atom is 0.241 e. The van der Waals surface area contributed by atoms with Crippen LogP contribution in [0.2, 0.25) is 0 Å². The van der Waals surface area contributed by atoms with Gasteiger partial charge in [-0.25, -0.2) is 13.1 Å². The summed E-state index contributed by atoms with van der Waals surface area (Å²) in [6.07, 6.45) is 1.82. The Kier molecular flexibility index (Phi) is 3.77. The van der Waals surface area contributed by atoms with Crippen LogP contribution in [0.5, 0.6) is 0 Å². The van der Waals surface area contributed by atoms with Crippen LogP contribution in [0.1, 0.15) is 49.5 Å². The highest BCUT2D eigenvalue weighted by molar-refractivity contribution is 7.89. The van der Waals surface area contributed by atoms with E-state index in [0.29, 0.717) is 11.1 Å². The van der Waals surface area contributed by atoms with Crippen molar-refractivity contribution >= 4 is 15.8 Å². The molecular formula is C15H21NO3S. The van der Waals surface area contributed by atoms with Crippen molar-refractivity contribution in [3.05, 3.63) is 29.3 Å². The zero-order valence-corrected chi connectivity index (χ0v) is 13.2. The fourth-order valence-electron chi connectivity index (χ4n) is 2.08. The van der Waals surface area contributed by atoms with Crippen LogP contribution in [-0.4, -0.2) is 19.7 Å². The molecule has 0 radical (unpaired) electrons. The summed E-state index contributed by atoms with van der Waals surface area (Å²) < 4.78 is 27.4. The Morgan fingerprint density at radius 2 is 1.85 bits per heavy atom. The summed E-state index contributed by atoms with van der Waals surface area (Å²) in [5.41, 5.74) is 0.586. The van der Waals surface area contributed by atoms with E-state index in [1.54, 1.807) is 39.8 Å². The highest BCUT2D eigenvalue weighted by Gasteiger charge is 2.31. The zero-order valence-electron chi connectivity index (χ0n) is 12.4. The van der Waals surface area contributed by atoms with E-state index in [4.69, 9.17) is 0 Å². The molecular weight excluding hydrogens is 274 g/mol. The van der Waals surface area contributed by atoms with Crippen LogP contribution < -0.4 is 4.72 Å². The minimum Gasteiger partial charge on any atom is -0.294 e. The Morgan fingerprint density at radius 1 is 1.25 bits per heavy atom. The fraction of sp³-hybridized carbons (Fsp3) is 0.533. The van der Waals surface area contributed by atoms with E-state index in [-0.39, 0.29) is 16.6 Å². The number of carbonyl (C=O) groups is 1. The SMILES string of the molecule is Cc1ccc(C(=O)C2CC2)cc1S(=O)(=O)NC(C)(C)C. The van der Waals surface area contributed by atoms with Crippen LogP contribution >= 0.6 is 0 Å². The van der Waals surface area contributed by atoms with Gasteiger partial charge in [0.1, 0.15) is 0 Å². The first-order valence-electron chi connectivity index (χ1n) is 6.79. The van der Waals surface area contributed by atoms with Gasteiger partial charge in [0.25, 0.3) is 0 Å². The largest absolute Gasteiger partial charge is 0.294 e. The van der Waals surface area contributed by atoms with Crippen LogP contribution in [0, 0.1) is 12.8 Å². The van der Waals surface area contributed by atoms with Crippen LogP contribution in [0.15, 0.2) is 23.1 Å². The molecule has 5 heteroatoms. The van der Waals surface area contributed by atoms with Crippen molar-refractivity contribution in [2.75, 3.05) is 0 Å². The number of sulfonamides is 1. The van der Waals surface area contributed by atoms with E-state index in [1.165, 1.54) is 6.07 Å². The van der Waals surface area contributed by atoms with Crippen LogP contribution in [0.3, 0.4) is 0 Å². The van der Waals surface area contributed by atoms with Crippen molar-refractivity contribution in [1.82, 2.24) is 4.72 Å². The molecule has 1 N–H and O–H groups in total. The van der Waals surface area contributed by atoms with Crippen molar-refractivity contribution in [1.29, 1.82) is 0 Å². The molecule has 0 bridgehead atoms. The minimum absolute atomic E-state index is 0.0530. The number of hydrogen-bond acceptors (Lipinski definition) is 3. The van der Waals surface area contributed by atoms with Crippen molar-refractivity contribution in [2.24, 2.45) is 5.92 Å². The van der Waals surface area contributed by atoms with Gasteiger partial charge < -0.3 is 0 Å². The number of carbonyl (C=O) groups excluding carboxylic acids is 1. The zero-order chi connectivity index (χ0) is 15.1. The van der Waals surface area contributed by atoms with Gasteiger partial charge in [-0.05, 0) is 52.2 Å². The van der Waals surface area contributed by atoms with E-state index in [0.717, 1.165) is 12.8 Å². The summed E-state index contributed by atoms with van der Waals surface area (Å²) in [6.45, 7) is 7.11. The normalized spacial score (nSPS) is 16.2. The van der Waals surface area contributed by atoms with Gasteiger partial charge in [-0.3, -0.25) is 4.79 Å². The monoisotopic (exact) mass is 295 g/mol. The van der Waals surface area contributed by atoms with Gasteiger partial charge in [0, 0.05) is 17.0 Å². The molecule has 1 fully saturated rings. The number of Topliss-reactive ketones (excluding diaryl/α,β-unsaturated/α-hetero) is 1. The van der Waals surface area contributed by atoms with Crippen LogP contribution in [0.4, 0.5) is 0 Å². The lowest BCUT2D eigenvalue weighted by Crippen LogP contribution is -2.40. The van der Waals surface area contributed by atoms with E-state index < -0.39 is 15.6 Å². The lowest BCUT2D eigenvalue weighted by Gasteiger charge is -2.21. The first-order chi connectivity index (χ1) is 9.10. The van der Waals surface area contributed by atoms with Crippen molar-refractivity contribution in [3.8, 4) is 0 Å². The molecule has 1 aliphatic rings. The van der Waals surface area contributed by atoms with Gasteiger partial charge in [0.05, 0.1) is 4.90 Å². The molecule has 0 aliphatic heterocycles. The minimum atomic E-state index is -3.61. The second kappa shape index (κ2) is 4.97. The van der Waals surface area contributed by atoms with Crippen molar-refractivity contribution in [2.45, 2.75) is 51.0 Å². The molecule has 0 amide bonds. The lowest BCUT2D eigenvalue weighted by molar-refractivity contribution is 0.0967. The van der Waals surface area contributed by atoms with E-state index in [2.05, 4.69) is 4.72 Å². The maximum absolute atomic E-state index is 12.4. The third-order valence-corrected chi connectivity index (χ3v) is 5.05. The molecule has 0 aromatic heterocycles. The summed E-state index contributed by atoms with van der Waals surface area (Å²) in [5, 5.41) is 0. The molecule has 1 aromatic carbocycles. The quantitative estimate of drug-likeness (QED) is 0.869. The first-order valence-corrected chi connectivity index (χ1v) is 8.27. The molecule has 20 heavy (non-hydrogen) atoms. The standard InChI is InChI=1S/C15H21NO3S/c1-10-5-6-12(14(17)11-7-8-11)9-13(10)20(18,19)16-15(2,3)4/h5-6,9,11,16H,7-8H2,1-4H3. The smallest absolute Gasteiger partial charge is 0.241 e. The molecule has 2 rings (SSSR count). The molecule has 0 spiro atoms. The van der Waals surface area contributed by atoms with Gasteiger partial charge in [-0.1, -0.05) is 12.1 Å². The highest BCUT2D eigenvalue weighted by Crippen LogP contribution is 2.33. The third-order valence-electron chi connectivity index (χ3n) is 3.15. The summed E-state index contributed by atoms with van der Waals surface area (Å²) in [7, 11) is -3.61. The van der Waals surface area contributed by atoms with E-state index in [1.807, 2.05) is 0 Å². The molecule has 1 aliphatic carbocycles. The van der Waals surface area contributed by atoms with Crippen molar-refractivity contribution < 1.29 is 13.2 Å². The number of nitrogens with one attached hydrogen (secondary N) is 1. The Labute approximate surface area is 120 Å². The van der Waals surface area contributed by atoms with E-state index >= 15 is 0 Å². The predicted octanol–water partition coefficient (Wildman–Crippen LogP) is 2.66. The average Bonchev–Trinajstić information content (AvgIpc) is 3.08. The maximum atomic E-state index is 12.4. The summed E-state index contributed by atoms with van der Waals surface area (Å²) >= 11 is 0. The van der Waals surface area contributed by atoms with E-state index in [9.17, 15) is 13.2 Å². The van der Waals surface area contributed by atoms with Crippen LogP contribution in [-0.2, 0) is 10.0 Å². The molecule has 0 heterocycles. The summed E-state index contributed by atoms with van der Waals surface area (Å²) in [4.78, 5) is 12.3. The van der Waals surface area contributed by atoms with Gasteiger partial charge in [-0.15, -0.1) is 0 Å². The van der Waals surface area contributed by atoms with Crippen LogP contribution in [0.25, 0.3) is 0 Å². The van der Waals surface area contributed by atoms with Gasteiger partial charge >= 0.3 is 0 Å². The summed E-state index contributed by atoms with van der Waals surface area (Å²) in [5.74, 6) is 0.140. The topological polar surface area (TPSA) is 63.2 Å². The number of rotatable bonds is 4. The molecule has 1 aromatic rings. The Morgan fingerprint density at radius 3 is 2.35 bits per heavy atom. The predicted molar refractivity (Wildman–Crippen MR) is 78.3 cm³/mol. The lowest BCUT2D eigenvalue weighted by atomic mass is 10.1. The molecule has 0 atom stereocenters. The molecule has 4 nitrogen and oxygen atoms in total. The molecule has 0 saturated heterocycles. The Hall–Kier alpha value is -1.20. The highest BCUT2D eigenvalue weighted by atomic mass is 32.2. The van der Waals surface area contributed by atoms with Gasteiger partial charge in [0.2, 0.25) is 10.0 Å². The first kappa shape index (κ1) is 15.2. The summed E-state index contributed by atoms with van der Waals surface area (Å²) in [6, 6.07) is 4.92. The second-order valence-electron chi connectivity index (χ2n) is 6.47.